The number of halogens is 1. The predicted molar refractivity (Wildman–Crippen MR) is 117 cm³/mol. The Morgan fingerprint density at radius 1 is 1.12 bits per heavy atom. The number of hydrogen-bond donors (Lipinski definition) is 1. The molecule has 1 unspecified atom stereocenters. The number of guanidine groups is 1. The average molecular weight is 483 g/mol. The van der Waals surface area contributed by atoms with Gasteiger partial charge in [0.1, 0.15) is 0 Å². The fourth-order valence-corrected chi connectivity index (χ4v) is 4.78. The molecule has 3 rings (SSSR count). The Morgan fingerprint density at radius 2 is 1.88 bits per heavy atom. The molecule has 3 fully saturated rings. The van der Waals surface area contributed by atoms with Crippen LogP contribution in [0.4, 0.5) is 0 Å². The van der Waals surface area contributed by atoms with Crippen LogP contribution in [0.3, 0.4) is 0 Å². The molecule has 0 saturated carbocycles. The number of likely N-dealkylation sites (tertiary alicyclic amines) is 1. The molecule has 6 nitrogen and oxygen atoms in total. The zero-order valence-corrected chi connectivity index (χ0v) is 18.6. The van der Waals surface area contributed by atoms with E-state index in [9.17, 15) is 0 Å². The van der Waals surface area contributed by atoms with Crippen LogP contribution < -0.4 is 5.32 Å². The van der Waals surface area contributed by atoms with Gasteiger partial charge in [0.25, 0.3) is 0 Å². The number of rotatable bonds is 5. The Bertz CT molecular complexity index is 402. The zero-order chi connectivity index (χ0) is 16.6. The maximum atomic E-state index is 5.45. The van der Waals surface area contributed by atoms with Crippen molar-refractivity contribution in [2.24, 2.45) is 10.9 Å². The van der Waals surface area contributed by atoms with Crippen LogP contribution in [-0.4, -0.2) is 111 Å². The number of aliphatic imine (C=N–C) groups is 1. The molecule has 1 N–H and O–H groups in total. The molecular weight excluding hydrogens is 449 g/mol. The monoisotopic (exact) mass is 483 g/mol. The van der Waals surface area contributed by atoms with Gasteiger partial charge < -0.3 is 15.0 Å². The van der Waals surface area contributed by atoms with E-state index in [-0.39, 0.29) is 24.0 Å². The maximum absolute atomic E-state index is 5.45. The fraction of sp³-hybridized carbons (Fsp3) is 0.941. The number of morpholine rings is 1. The van der Waals surface area contributed by atoms with Crippen molar-refractivity contribution in [2.75, 3.05) is 90.7 Å². The quantitative estimate of drug-likeness (QED) is 0.356. The van der Waals surface area contributed by atoms with Crippen molar-refractivity contribution < 1.29 is 4.74 Å². The van der Waals surface area contributed by atoms with Crippen molar-refractivity contribution in [2.45, 2.75) is 6.42 Å². The summed E-state index contributed by atoms with van der Waals surface area (Å²) < 4.78 is 5.45. The number of nitrogens with zero attached hydrogens (tertiary/aromatic N) is 4. The van der Waals surface area contributed by atoms with Gasteiger partial charge in [0.2, 0.25) is 0 Å². The van der Waals surface area contributed by atoms with E-state index in [2.05, 4.69) is 36.8 Å². The van der Waals surface area contributed by atoms with Crippen LogP contribution in [0.1, 0.15) is 6.42 Å². The second kappa shape index (κ2) is 11.8. The Kier molecular flexibility index (Phi) is 10.2. The number of ether oxygens (including phenoxy) is 1. The summed E-state index contributed by atoms with van der Waals surface area (Å²) in [5.74, 6) is 4.42. The second-order valence-electron chi connectivity index (χ2n) is 6.94. The molecule has 0 aromatic heterocycles. The highest BCUT2D eigenvalue weighted by Gasteiger charge is 2.27. The Balaban J connectivity index is 0.00000225. The van der Waals surface area contributed by atoms with E-state index in [0.717, 1.165) is 64.4 Å². The van der Waals surface area contributed by atoms with Crippen LogP contribution in [0.15, 0.2) is 4.99 Å². The van der Waals surface area contributed by atoms with E-state index in [0.29, 0.717) is 0 Å². The van der Waals surface area contributed by atoms with Gasteiger partial charge in [-0.15, -0.1) is 24.0 Å². The van der Waals surface area contributed by atoms with E-state index in [1.54, 1.807) is 0 Å². The molecule has 8 heteroatoms. The molecule has 3 heterocycles. The summed E-state index contributed by atoms with van der Waals surface area (Å²) in [4.78, 5) is 12.1. The van der Waals surface area contributed by atoms with Gasteiger partial charge >= 0.3 is 0 Å². The van der Waals surface area contributed by atoms with E-state index >= 15 is 0 Å². The summed E-state index contributed by atoms with van der Waals surface area (Å²) in [5.41, 5.74) is 0. The van der Waals surface area contributed by atoms with Gasteiger partial charge in [-0.3, -0.25) is 14.8 Å². The molecule has 146 valence electrons. The lowest BCUT2D eigenvalue weighted by Crippen LogP contribution is -2.45. The molecule has 3 aliphatic heterocycles. The lowest BCUT2D eigenvalue weighted by Gasteiger charge is -2.29. The van der Waals surface area contributed by atoms with Gasteiger partial charge in [0.15, 0.2) is 5.96 Å². The van der Waals surface area contributed by atoms with Crippen LogP contribution in [0, 0.1) is 5.92 Å². The van der Waals surface area contributed by atoms with Crippen LogP contribution >= 0.6 is 35.7 Å². The topological polar surface area (TPSA) is 43.3 Å². The predicted octanol–water partition coefficient (Wildman–Crippen LogP) is 0.883. The minimum Gasteiger partial charge on any atom is -0.379 e. The van der Waals surface area contributed by atoms with E-state index in [1.807, 2.05) is 7.05 Å². The summed E-state index contributed by atoms with van der Waals surface area (Å²) in [6, 6.07) is 0. The van der Waals surface area contributed by atoms with Crippen molar-refractivity contribution in [3.05, 3.63) is 0 Å². The average Bonchev–Trinajstić information content (AvgIpc) is 3.09. The van der Waals surface area contributed by atoms with Gasteiger partial charge in [-0.25, -0.2) is 0 Å². The van der Waals surface area contributed by atoms with Gasteiger partial charge in [-0.1, -0.05) is 0 Å². The first-order chi connectivity index (χ1) is 11.8. The first-order valence-electron chi connectivity index (χ1n) is 9.41. The van der Waals surface area contributed by atoms with Gasteiger partial charge in [0, 0.05) is 77.5 Å². The summed E-state index contributed by atoms with van der Waals surface area (Å²) in [7, 11) is 1.91. The smallest absolute Gasteiger partial charge is 0.193 e. The number of hydrogen-bond acceptors (Lipinski definition) is 5. The first-order valence-corrected chi connectivity index (χ1v) is 10.6. The van der Waals surface area contributed by atoms with Crippen LogP contribution in [0.25, 0.3) is 0 Å². The largest absolute Gasteiger partial charge is 0.379 e. The minimum absolute atomic E-state index is 0. The van der Waals surface area contributed by atoms with Gasteiger partial charge in [-0.05, 0) is 12.3 Å². The van der Waals surface area contributed by atoms with Crippen molar-refractivity contribution >= 4 is 41.7 Å². The minimum atomic E-state index is 0. The molecular formula is C17H34IN5OS. The summed E-state index contributed by atoms with van der Waals surface area (Å²) >= 11 is 2.07. The second-order valence-corrected chi connectivity index (χ2v) is 8.17. The Labute approximate surface area is 174 Å². The van der Waals surface area contributed by atoms with Crippen LogP contribution in [0.2, 0.25) is 0 Å². The third-order valence-electron chi connectivity index (χ3n) is 5.23. The molecule has 0 amide bonds. The van der Waals surface area contributed by atoms with Crippen molar-refractivity contribution in [3.8, 4) is 0 Å². The van der Waals surface area contributed by atoms with Crippen LogP contribution in [0.5, 0.6) is 0 Å². The normalized spacial score (nSPS) is 26.5. The number of thioether (sulfide) groups is 1. The van der Waals surface area contributed by atoms with E-state index in [4.69, 9.17) is 4.74 Å². The Hall–Kier alpha value is 0.230. The zero-order valence-electron chi connectivity index (χ0n) is 15.5. The molecule has 3 saturated heterocycles. The molecule has 0 radical (unpaired) electrons. The molecule has 0 aromatic carbocycles. The fourth-order valence-electron chi connectivity index (χ4n) is 3.81. The van der Waals surface area contributed by atoms with Gasteiger partial charge in [-0.2, -0.15) is 11.8 Å². The molecule has 0 spiro atoms. The lowest BCUT2D eigenvalue weighted by molar-refractivity contribution is 0.0315. The summed E-state index contributed by atoms with van der Waals surface area (Å²) in [6.07, 6.45) is 1.28. The van der Waals surface area contributed by atoms with Crippen molar-refractivity contribution in [1.82, 2.24) is 20.0 Å². The van der Waals surface area contributed by atoms with E-state index in [1.165, 1.54) is 37.6 Å². The van der Waals surface area contributed by atoms with Crippen molar-refractivity contribution in [1.29, 1.82) is 0 Å². The Morgan fingerprint density at radius 3 is 2.60 bits per heavy atom. The SMILES string of the molecule is CN=C(NCCN1CCSCC1)N1CCC(CN2CCOCC2)C1.I. The van der Waals surface area contributed by atoms with Crippen LogP contribution in [-0.2, 0) is 4.74 Å². The standard InChI is InChI=1S/C17H33N5OS.HI/c1-18-17(19-3-5-20-8-12-24-13-9-20)22-4-2-16(15-22)14-21-6-10-23-11-7-21;/h16H,2-15H2,1H3,(H,18,19);1H. The highest BCUT2D eigenvalue weighted by Crippen LogP contribution is 2.18. The summed E-state index contributed by atoms with van der Waals surface area (Å²) in [5, 5.41) is 3.58. The summed E-state index contributed by atoms with van der Waals surface area (Å²) in [6.45, 7) is 12.1. The maximum Gasteiger partial charge on any atom is 0.193 e. The lowest BCUT2D eigenvalue weighted by atomic mass is 10.1. The van der Waals surface area contributed by atoms with Crippen molar-refractivity contribution in [3.63, 3.8) is 0 Å². The molecule has 1 atom stereocenters. The molecule has 3 aliphatic rings. The first kappa shape index (κ1) is 21.5. The van der Waals surface area contributed by atoms with E-state index < -0.39 is 0 Å². The molecule has 0 aromatic rings. The highest BCUT2D eigenvalue weighted by atomic mass is 127. The molecule has 0 aliphatic carbocycles. The third kappa shape index (κ3) is 7.04. The highest BCUT2D eigenvalue weighted by molar-refractivity contribution is 14.0. The molecule has 0 bridgehead atoms. The number of nitrogens with one attached hydrogen (secondary N) is 1. The third-order valence-corrected chi connectivity index (χ3v) is 6.17. The van der Waals surface area contributed by atoms with Gasteiger partial charge in [0.05, 0.1) is 13.2 Å². The molecule has 25 heavy (non-hydrogen) atoms.